The summed E-state index contributed by atoms with van der Waals surface area (Å²) < 4.78 is 114. The molecule has 0 saturated heterocycles. The van der Waals surface area contributed by atoms with Gasteiger partial charge in [0, 0.05) is 12.1 Å². The standard InChI is InChI=1S/C11H4ClF9N2O3/c12-5-2-1-4(23(25)26)3-6(5)22-7(24)8(13,14)9(15,16)10(17,18)11(19,20)21/h1-3H,(H,22,24). The van der Waals surface area contributed by atoms with Gasteiger partial charge in [0.2, 0.25) is 0 Å². The molecule has 0 spiro atoms. The van der Waals surface area contributed by atoms with Crippen LogP contribution in [-0.4, -0.2) is 34.8 Å². The smallest absolute Gasteiger partial charge is 0.319 e. The fraction of sp³-hybridized carbons (Fsp3) is 0.364. The van der Waals surface area contributed by atoms with Gasteiger partial charge in [-0.15, -0.1) is 0 Å². The normalized spacial score (nSPS) is 13.5. The largest absolute Gasteiger partial charge is 0.460 e. The van der Waals surface area contributed by atoms with Crippen molar-refractivity contribution < 1.29 is 49.2 Å². The third-order valence-corrected chi connectivity index (χ3v) is 3.17. The molecule has 0 atom stereocenters. The highest BCUT2D eigenvalue weighted by Gasteiger charge is 2.83. The predicted octanol–water partition coefficient (Wildman–Crippen LogP) is 4.65. The number of alkyl halides is 9. The second-order valence-electron chi connectivity index (χ2n) is 4.60. The number of carbonyl (C=O) groups is 1. The first-order chi connectivity index (χ1) is 11.5. The Morgan fingerprint density at radius 3 is 1.92 bits per heavy atom. The van der Waals surface area contributed by atoms with Gasteiger partial charge < -0.3 is 5.32 Å². The van der Waals surface area contributed by atoms with E-state index in [4.69, 9.17) is 11.6 Å². The summed E-state index contributed by atoms with van der Waals surface area (Å²) in [4.78, 5) is 20.6. The van der Waals surface area contributed by atoms with Crippen molar-refractivity contribution >= 4 is 28.9 Å². The summed E-state index contributed by atoms with van der Waals surface area (Å²) in [6.45, 7) is 0. The third kappa shape index (κ3) is 3.50. The topological polar surface area (TPSA) is 72.2 Å². The Bertz CT molecular complexity index is 736. The molecule has 1 N–H and O–H groups in total. The zero-order valence-electron chi connectivity index (χ0n) is 11.7. The zero-order valence-corrected chi connectivity index (χ0v) is 12.4. The van der Waals surface area contributed by atoms with E-state index in [-0.39, 0.29) is 0 Å². The Morgan fingerprint density at radius 2 is 1.50 bits per heavy atom. The lowest BCUT2D eigenvalue weighted by molar-refractivity contribution is -0.388. The van der Waals surface area contributed by atoms with Crippen LogP contribution in [0.1, 0.15) is 0 Å². The maximum absolute atomic E-state index is 13.4. The molecule has 5 nitrogen and oxygen atoms in total. The van der Waals surface area contributed by atoms with Gasteiger partial charge in [0.05, 0.1) is 15.6 Å². The van der Waals surface area contributed by atoms with E-state index in [2.05, 4.69) is 0 Å². The first kappa shape index (κ1) is 21.8. The highest BCUT2D eigenvalue weighted by Crippen LogP contribution is 2.53. The van der Waals surface area contributed by atoms with Crippen molar-refractivity contribution in [2.24, 2.45) is 0 Å². The predicted molar refractivity (Wildman–Crippen MR) is 67.6 cm³/mol. The van der Waals surface area contributed by atoms with Gasteiger partial charge in [0.1, 0.15) is 0 Å². The Morgan fingerprint density at radius 1 is 1.00 bits per heavy atom. The fourth-order valence-corrected chi connectivity index (χ4v) is 1.61. The van der Waals surface area contributed by atoms with Crippen LogP contribution in [0.2, 0.25) is 5.02 Å². The van der Waals surface area contributed by atoms with E-state index in [0.717, 1.165) is 5.32 Å². The molecular formula is C11H4ClF9N2O3. The summed E-state index contributed by atoms with van der Waals surface area (Å²) in [6.07, 6.45) is -7.09. The Hall–Kier alpha value is -2.25. The fourth-order valence-electron chi connectivity index (χ4n) is 1.44. The van der Waals surface area contributed by atoms with E-state index in [1.807, 2.05) is 0 Å². The number of nitro groups is 1. The lowest BCUT2D eigenvalue weighted by Crippen LogP contribution is -2.64. The lowest BCUT2D eigenvalue weighted by Gasteiger charge is -2.32. The van der Waals surface area contributed by atoms with Gasteiger partial charge in [-0.05, 0) is 6.07 Å². The molecule has 26 heavy (non-hydrogen) atoms. The van der Waals surface area contributed by atoms with Crippen LogP contribution in [-0.2, 0) is 4.79 Å². The Labute approximate surface area is 141 Å². The summed E-state index contributed by atoms with van der Waals surface area (Å²) in [5, 5.41) is 10.7. The van der Waals surface area contributed by atoms with E-state index in [1.54, 1.807) is 0 Å². The first-order valence-electron chi connectivity index (χ1n) is 5.92. The molecule has 0 aliphatic rings. The lowest BCUT2D eigenvalue weighted by atomic mass is 10.0. The SMILES string of the molecule is O=C(Nc1cc([N+](=O)[O-])ccc1Cl)C(F)(F)C(F)(F)C(F)(F)C(F)(F)F. The molecule has 0 unspecified atom stereocenters. The van der Waals surface area contributed by atoms with Crippen LogP contribution in [0.5, 0.6) is 0 Å². The number of hydrogen-bond donors (Lipinski definition) is 1. The number of amides is 1. The monoisotopic (exact) mass is 418 g/mol. The van der Waals surface area contributed by atoms with Crippen LogP contribution in [0.3, 0.4) is 0 Å². The summed E-state index contributed by atoms with van der Waals surface area (Å²) in [5.74, 6) is -24.3. The molecule has 1 aromatic rings. The van der Waals surface area contributed by atoms with Crippen LogP contribution < -0.4 is 5.32 Å². The third-order valence-electron chi connectivity index (χ3n) is 2.84. The molecule has 1 aromatic carbocycles. The molecular weight excluding hydrogens is 415 g/mol. The summed E-state index contributed by atoms with van der Waals surface area (Å²) in [6, 6.07) is 1.68. The number of nitrogens with one attached hydrogen (secondary N) is 1. The minimum absolute atomic E-state index is 0.302. The maximum Gasteiger partial charge on any atom is 0.460 e. The number of nitrogens with zero attached hydrogens (tertiary/aromatic N) is 1. The maximum atomic E-state index is 13.4. The van der Waals surface area contributed by atoms with E-state index in [1.165, 1.54) is 0 Å². The number of anilines is 1. The summed E-state index contributed by atoms with van der Waals surface area (Å²) >= 11 is 5.37. The molecule has 0 aromatic heterocycles. The van der Waals surface area contributed by atoms with Crippen molar-refractivity contribution in [2.45, 2.75) is 23.9 Å². The van der Waals surface area contributed by atoms with Crippen molar-refractivity contribution in [2.75, 3.05) is 5.32 Å². The van der Waals surface area contributed by atoms with Crippen molar-refractivity contribution in [3.63, 3.8) is 0 Å². The summed E-state index contributed by atoms with van der Waals surface area (Å²) in [7, 11) is 0. The van der Waals surface area contributed by atoms with Crippen LogP contribution in [0.4, 0.5) is 50.9 Å². The Kier molecular flexibility index (Phi) is 5.43. The molecule has 0 aliphatic heterocycles. The van der Waals surface area contributed by atoms with Gasteiger partial charge in [-0.3, -0.25) is 14.9 Å². The molecule has 1 rings (SSSR count). The number of carbonyl (C=O) groups excluding carboxylic acids is 1. The summed E-state index contributed by atoms with van der Waals surface area (Å²) in [5.41, 5.74) is -1.96. The minimum Gasteiger partial charge on any atom is -0.319 e. The molecule has 15 heteroatoms. The number of rotatable bonds is 5. The van der Waals surface area contributed by atoms with Gasteiger partial charge in [-0.2, -0.15) is 39.5 Å². The second kappa shape index (κ2) is 6.48. The van der Waals surface area contributed by atoms with Gasteiger partial charge in [-0.25, -0.2) is 0 Å². The van der Waals surface area contributed by atoms with Gasteiger partial charge in [-0.1, -0.05) is 11.6 Å². The first-order valence-corrected chi connectivity index (χ1v) is 6.30. The quantitative estimate of drug-likeness (QED) is 0.430. The van der Waals surface area contributed by atoms with Crippen molar-refractivity contribution in [1.82, 2.24) is 0 Å². The molecule has 0 saturated carbocycles. The van der Waals surface area contributed by atoms with E-state index >= 15 is 0 Å². The van der Waals surface area contributed by atoms with Crippen LogP contribution >= 0.6 is 11.6 Å². The average molecular weight is 419 g/mol. The molecule has 0 radical (unpaired) electrons. The van der Waals surface area contributed by atoms with Crippen molar-refractivity contribution in [1.29, 1.82) is 0 Å². The minimum atomic E-state index is -7.26. The molecule has 1 amide bonds. The molecule has 0 aliphatic carbocycles. The Balaban J connectivity index is 3.28. The van der Waals surface area contributed by atoms with E-state index in [9.17, 15) is 54.4 Å². The highest BCUT2D eigenvalue weighted by atomic mass is 35.5. The van der Waals surface area contributed by atoms with Crippen molar-refractivity contribution in [3.8, 4) is 0 Å². The highest BCUT2D eigenvalue weighted by molar-refractivity contribution is 6.33. The second-order valence-corrected chi connectivity index (χ2v) is 5.00. The van der Waals surface area contributed by atoms with Gasteiger partial charge in [0.15, 0.2) is 0 Å². The average Bonchev–Trinajstić information content (AvgIpc) is 2.47. The van der Waals surface area contributed by atoms with Crippen molar-refractivity contribution in [3.05, 3.63) is 33.3 Å². The van der Waals surface area contributed by atoms with Crippen LogP contribution in [0.25, 0.3) is 0 Å². The molecule has 0 fully saturated rings. The van der Waals surface area contributed by atoms with Gasteiger partial charge >= 0.3 is 29.9 Å². The number of nitro benzene ring substituents is 1. The van der Waals surface area contributed by atoms with E-state index in [0.29, 0.717) is 18.2 Å². The number of benzene rings is 1. The van der Waals surface area contributed by atoms with E-state index < -0.39 is 51.2 Å². The molecule has 0 heterocycles. The number of non-ortho nitro benzene ring substituents is 1. The van der Waals surface area contributed by atoms with Gasteiger partial charge in [0.25, 0.3) is 5.69 Å². The number of halogens is 10. The van der Waals surface area contributed by atoms with Crippen LogP contribution in [0, 0.1) is 10.1 Å². The molecule has 0 bridgehead atoms. The molecule has 146 valence electrons. The van der Waals surface area contributed by atoms with Crippen LogP contribution in [0.15, 0.2) is 18.2 Å². The zero-order chi connectivity index (χ0) is 20.7. The number of hydrogen-bond acceptors (Lipinski definition) is 3.